The Labute approximate surface area is 122 Å². The quantitative estimate of drug-likeness (QED) is 0.780. The molecule has 1 aromatic heterocycles. The molecule has 1 aromatic rings. The summed E-state index contributed by atoms with van der Waals surface area (Å²) in [6.07, 6.45) is 3.59. The van der Waals surface area contributed by atoms with Gasteiger partial charge in [-0.3, -0.25) is 0 Å². The highest BCUT2D eigenvalue weighted by atomic mass is 32.1. The van der Waals surface area contributed by atoms with Crippen LogP contribution in [0.4, 0.5) is 5.13 Å². The summed E-state index contributed by atoms with van der Waals surface area (Å²) < 4.78 is 0. The van der Waals surface area contributed by atoms with Gasteiger partial charge in [-0.2, -0.15) is 0 Å². The molecule has 19 heavy (non-hydrogen) atoms. The first-order valence-electron chi connectivity index (χ1n) is 7.51. The standard InChI is InChI=1S/C15H29N3S/c1-6-8-9-18(12(5)7-2)15-17-14(11(3)4)13(10-16)19-15/h11-12H,6-10,16H2,1-5H3. The Morgan fingerprint density at radius 2 is 1.95 bits per heavy atom. The fourth-order valence-electron chi connectivity index (χ4n) is 2.12. The smallest absolute Gasteiger partial charge is 0.186 e. The molecule has 2 N–H and O–H groups in total. The molecule has 0 radical (unpaired) electrons. The molecule has 0 aliphatic carbocycles. The Morgan fingerprint density at radius 1 is 1.26 bits per heavy atom. The van der Waals surface area contributed by atoms with Gasteiger partial charge in [0.1, 0.15) is 0 Å². The molecule has 3 nitrogen and oxygen atoms in total. The summed E-state index contributed by atoms with van der Waals surface area (Å²) in [4.78, 5) is 8.57. The van der Waals surface area contributed by atoms with Gasteiger partial charge in [0.25, 0.3) is 0 Å². The first-order chi connectivity index (χ1) is 9.04. The molecule has 110 valence electrons. The van der Waals surface area contributed by atoms with E-state index in [-0.39, 0.29) is 0 Å². The second-order valence-electron chi connectivity index (χ2n) is 5.47. The van der Waals surface area contributed by atoms with Crippen molar-refractivity contribution in [2.24, 2.45) is 5.73 Å². The van der Waals surface area contributed by atoms with E-state index in [0.717, 1.165) is 18.1 Å². The second kappa shape index (κ2) is 7.85. The lowest BCUT2D eigenvalue weighted by Crippen LogP contribution is -2.33. The Hall–Kier alpha value is -0.610. The lowest BCUT2D eigenvalue weighted by Gasteiger charge is -2.28. The number of nitrogens with zero attached hydrogens (tertiary/aromatic N) is 2. The molecule has 0 saturated carbocycles. The van der Waals surface area contributed by atoms with E-state index in [0.29, 0.717) is 18.5 Å². The van der Waals surface area contributed by atoms with Crippen LogP contribution in [0.25, 0.3) is 0 Å². The third-order valence-corrected chi connectivity index (χ3v) is 4.70. The monoisotopic (exact) mass is 283 g/mol. The van der Waals surface area contributed by atoms with Crippen molar-refractivity contribution in [1.82, 2.24) is 4.98 Å². The summed E-state index contributed by atoms with van der Waals surface area (Å²) in [5.41, 5.74) is 7.05. The highest BCUT2D eigenvalue weighted by molar-refractivity contribution is 7.15. The molecule has 0 aliphatic rings. The molecule has 1 unspecified atom stereocenters. The summed E-state index contributed by atoms with van der Waals surface area (Å²) in [5, 5.41) is 1.16. The fourth-order valence-corrected chi connectivity index (χ4v) is 3.35. The lowest BCUT2D eigenvalue weighted by atomic mass is 10.1. The van der Waals surface area contributed by atoms with Crippen LogP contribution in [-0.4, -0.2) is 17.6 Å². The number of rotatable bonds is 8. The van der Waals surface area contributed by atoms with Gasteiger partial charge in [0.2, 0.25) is 0 Å². The van der Waals surface area contributed by atoms with Crippen molar-refractivity contribution in [3.05, 3.63) is 10.6 Å². The van der Waals surface area contributed by atoms with Gasteiger partial charge in [0, 0.05) is 24.0 Å². The van der Waals surface area contributed by atoms with Crippen LogP contribution >= 0.6 is 11.3 Å². The third kappa shape index (κ3) is 4.18. The summed E-state index contributed by atoms with van der Waals surface area (Å²) in [7, 11) is 0. The van der Waals surface area contributed by atoms with Gasteiger partial charge in [-0.25, -0.2) is 4.98 Å². The zero-order valence-electron chi connectivity index (χ0n) is 13.1. The molecular weight excluding hydrogens is 254 g/mol. The van der Waals surface area contributed by atoms with Crippen LogP contribution in [0.1, 0.15) is 70.4 Å². The number of hydrogen-bond donors (Lipinski definition) is 1. The van der Waals surface area contributed by atoms with Crippen molar-refractivity contribution in [2.45, 2.75) is 72.4 Å². The molecule has 0 aromatic carbocycles. The predicted molar refractivity (Wildman–Crippen MR) is 86.1 cm³/mol. The van der Waals surface area contributed by atoms with Gasteiger partial charge >= 0.3 is 0 Å². The Balaban J connectivity index is 3.01. The number of hydrogen-bond acceptors (Lipinski definition) is 4. The normalized spacial score (nSPS) is 13.0. The van der Waals surface area contributed by atoms with Crippen LogP contribution in [0.3, 0.4) is 0 Å². The number of unbranched alkanes of at least 4 members (excludes halogenated alkanes) is 1. The molecule has 0 amide bonds. The van der Waals surface area contributed by atoms with Gasteiger partial charge in [-0.1, -0.05) is 34.1 Å². The average molecular weight is 283 g/mol. The number of anilines is 1. The minimum Gasteiger partial charge on any atom is -0.345 e. The van der Waals surface area contributed by atoms with E-state index >= 15 is 0 Å². The minimum absolute atomic E-state index is 0.452. The topological polar surface area (TPSA) is 42.2 Å². The van der Waals surface area contributed by atoms with Crippen molar-refractivity contribution in [3.63, 3.8) is 0 Å². The predicted octanol–water partition coefficient (Wildman–Crippen LogP) is 4.13. The van der Waals surface area contributed by atoms with E-state index in [2.05, 4.69) is 39.5 Å². The summed E-state index contributed by atoms with van der Waals surface area (Å²) in [6, 6.07) is 0.545. The van der Waals surface area contributed by atoms with E-state index in [4.69, 9.17) is 10.7 Å². The Morgan fingerprint density at radius 3 is 2.37 bits per heavy atom. The molecule has 0 aliphatic heterocycles. The van der Waals surface area contributed by atoms with E-state index in [9.17, 15) is 0 Å². The average Bonchev–Trinajstić information content (AvgIpc) is 2.83. The molecule has 1 heterocycles. The zero-order chi connectivity index (χ0) is 14.4. The highest BCUT2D eigenvalue weighted by Gasteiger charge is 2.20. The third-order valence-electron chi connectivity index (χ3n) is 3.57. The van der Waals surface area contributed by atoms with Gasteiger partial charge in [0.15, 0.2) is 5.13 Å². The molecule has 0 fully saturated rings. The van der Waals surface area contributed by atoms with Gasteiger partial charge in [-0.15, -0.1) is 11.3 Å². The maximum Gasteiger partial charge on any atom is 0.186 e. The molecule has 1 rings (SSSR count). The van der Waals surface area contributed by atoms with Gasteiger partial charge in [-0.05, 0) is 25.7 Å². The number of thiazole rings is 1. The van der Waals surface area contributed by atoms with Crippen molar-refractivity contribution in [1.29, 1.82) is 0 Å². The van der Waals surface area contributed by atoms with E-state index in [1.165, 1.54) is 23.4 Å². The fraction of sp³-hybridized carbons (Fsp3) is 0.800. The van der Waals surface area contributed by atoms with Crippen molar-refractivity contribution >= 4 is 16.5 Å². The molecule has 4 heteroatoms. The van der Waals surface area contributed by atoms with Crippen LogP contribution < -0.4 is 10.6 Å². The van der Waals surface area contributed by atoms with Crippen LogP contribution in [0, 0.1) is 0 Å². The van der Waals surface area contributed by atoms with Crippen LogP contribution in [-0.2, 0) is 6.54 Å². The molecule has 0 spiro atoms. The van der Waals surface area contributed by atoms with E-state index in [1.807, 2.05) is 0 Å². The van der Waals surface area contributed by atoms with Gasteiger partial charge in [0.05, 0.1) is 5.69 Å². The lowest BCUT2D eigenvalue weighted by molar-refractivity contribution is 0.593. The second-order valence-corrected chi connectivity index (χ2v) is 6.53. The summed E-state index contributed by atoms with van der Waals surface area (Å²) in [5.74, 6) is 0.452. The molecular formula is C15H29N3S. The van der Waals surface area contributed by atoms with Crippen molar-refractivity contribution in [2.75, 3.05) is 11.4 Å². The highest BCUT2D eigenvalue weighted by Crippen LogP contribution is 2.32. The molecule has 0 bridgehead atoms. The number of aromatic nitrogens is 1. The first-order valence-corrected chi connectivity index (χ1v) is 8.32. The van der Waals surface area contributed by atoms with Gasteiger partial charge < -0.3 is 10.6 Å². The maximum atomic E-state index is 5.86. The Kier molecular flexibility index (Phi) is 6.80. The van der Waals surface area contributed by atoms with Crippen LogP contribution in [0.2, 0.25) is 0 Å². The van der Waals surface area contributed by atoms with Crippen LogP contribution in [0.5, 0.6) is 0 Å². The van der Waals surface area contributed by atoms with Crippen LogP contribution in [0.15, 0.2) is 0 Å². The van der Waals surface area contributed by atoms with E-state index < -0.39 is 0 Å². The molecule has 0 saturated heterocycles. The summed E-state index contributed by atoms with van der Waals surface area (Å²) >= 11 is 1.78. The van der Waals surface area contributed by atoms with Crippen molar-refractivity contribution < 1.29 is 0 Å². The maximum absolute atomic E-state index is 5.86. The zero-order valence-corrected chi connectivity index (χ0v) is 13.9. The number of nitrogens with two attached hydrogens (primary N) is 1. The largest absolute Gasteiger partial charge is 0.345 e. The molecule has 1 atom stereocenters. The SMILES string of the molecule is CCCCN(c1nc(C(C)C)c(CN)s1)C(C)CC. The van der Waals surface area contributed by atoms with E-state index in [1.54, 1.807) is 11.3 Å². The summed E-state index contributed by atoms with van der Waals surface area (Å²) in [6.45, 7) is 12.9. The minimum atomic E-state index is 0.452. The van der Waals surface area contributed by atoms with Crippen molar-refractivity contribution in [3.8, 4) is 0 Å². The Bertz CT molecular complexity index is 373. The first kappa shape index (κ1) is 16.4.